The predicted molar refractivity (Wildman–Crippen MR) is 80.1 cm³/mol. The first kappa shape index (κ1) is 16.5. The van der Waals surface area contributed by atoms with Crippen molar-refractivity contribution in [2.24, 2.45) is 0 Å². The molecule has 112 valence electrons. The summed E-state index contributed by atoms with van der Waals surface area (Å²) in [5, 5.41) is 3.17. The highest BCUT2D eigenvalue weighted by atomic mass is 16.5. The molecule has 0 aromatic heterocycles. The predicted octanol–water partition coefficient (Wildman–Crippen LogP) is 2.61. The number of aryl methyl sites for hydroxylation is 2. The molecule has 4 heteroatoms. The van der Waals surface area contributed by atoms with Crippen LogP contribution in [0.15, 0.2) is 18.2 Å². The number of methoxy groups -OCH3 is 1. The van der Waals surface area contributed by atoms with Crippen LogP contribution in [0.4, 0.5) is 0 Å². The third-order valence-corrected chi connectivity index (χ3v) is 3.00. The molecule has 1 aromatic rings. The maximum Gasteiger partial charge on any atom is 0.322 e. The molecule has 1 unspecified atom stereocenters. The van der Waals surface area contributed by atoms with Gasteiger partial charge in [0, 0.05) is 6.42 Å². The number of esters is 1. The summed E-state index contributed by atoms with van der Waals surface area (Å²) in [6, 6.07) is 5.80. The minimum atomic E-state index is -0.300. The zero-order chi connectivity index (χ0) is 15.0. The number of rotatable bonds is 8. The average molecular weight is 279 g/mol. The van der Waals surface area contributed by atoms with E-state index in [1.54, 1.807) is 0 Å². The van der Waals surface area contributed by atoms with Crippen LogP contribution in [-0.2, 0) is 9.53 Å². The Bertz CT molecular complexity index is 411. The lowest BCUT2D eigenvalue weighted by Gasteiger charge is -2.16. The Morgan fingerprint density at radius 2 is 1.90 bits per heavy atom. The van der Waals surface area contributed by atoms with Gasteiger partial charge in [0.25, 0.3) is 0 Å². The van der Waals surface area contributed by atoms with Gasteiger partial charge < -0.3 is 14.8 Å². The Balaban J connectivity index is 2.48. The van der Waals surface area contributed by atoms with Gasteiger partial charge in [0.2, 0.25) is 0 Å². The van der Waals surface area contributed by atoms with Gasteiger partial charge in [-0.25, -0.2) is 0 Å². The third kappa shape index (κ3) is 5.61. The topological polar surface area (TPSA) is 47.6 Å². The molecule has 0 aliphatic rings. The molecule has 1 atom stereocenters. The fraction of sp³-hybridized carbons (Fsp3) is 0.562. The maximum atomic E-state index is 11.6. The normalized spacial score (nSPS) is 12.0. The fourth-order valence-corrected chi connectivity index (χ4v) is 2.07. The second-order valence-electron chi connectivity index (χ2n) is 4.99. The van der Waals surface area contributed by atoms with Crippen LogP contribution in [0.5, 0.6) is 5.75 Å². The Kier molecular flexibility index (Phi) is 7.09. The van der Waals surface area contributed by atoms with Crippen LogP contribution in [0, 0.1) is 13.8 Å². The molecule has 0 radical (unpaired) electrons. The number of carbonyl (C=O) groups is 1. The van der Waals surface area contributed by atoms with Crippen molar-refractivity contribution in [1.82, 2.24) is 5.32 Å². The van der Waals surface area contributed by atoms with Gasteiger partial charge in [-0.2, -0.15) is 0 Å². The summed E-state index contributed by atoms with van der Waals surface area (Å²) in [6.45, 7) is 7.43. The van der Waals surface area contributed by atoms with E-state index in [0.717, 1.165) is 18.7 Å². The number of hydrogen-bond donors (Lipinski definition) is 1. The molecule has 1 N–H and O–H groups in total. The second-order valence-corrected chi connectivity index (χ2v) is 4.99. The molecule has 1 aromatic carbocycles. The van der Waals surface area contributed by atoms with Crippen LogP contribution in [0.2, 0.25) is 0 Å². The summed E-state index contributed by atoms with van der Waals surface area (Å²) in [4.78, 5) is 11.6. The van der Waals surface area contributed by atoms with Gasteiger partial charge in [0.05, 0.1) is 13.7 Å². The maximum absolute atomic E-state index is 11.6. The van der Waals surface area contributed by atoms with E-state index >= 15 is 0 Å². The summed E-state index contributed by atoms with van der Waals surface area (Å²) >= 11 is 0. The van der Waals surface area contributed by atoms with Gasteiger partial charge >= 0.3 is 5.97 Å². The van der Waals surface area contributed by atoms with Crippen LogP contribution in [0.1, 0.15) is 30.9 Å². The molecule has 0 saturated carbocycles. The molecule has 1 rings (SSSR count). The number of carbonyl (C=O) groups excluding carboxylic acids is 1. The van der Waals surface area contributed by atoms with E-state index in [9.17, 15) is 4.79 Å². The second kappa shape index (κ2) is 8.59. The van der Waals surface area contributed by atoms with Crippen LogP contribution in [0.25, 0.3) is 0 Å². The quantitative estimate of drug-likeness (QED) is 0.743. The zero-order valence-electron chi connectivity index (χ0n) is 12.9. The van der Waals surface area contributed by atoms with E-state index in [4.69, 9.17) is 9.47 Å². The number of benzene rings is 1. The van der Waals surface area contributed by atoms with Gasteiger partial charge in [0.15, 0.2) is 0 Å². The summed E-state index contributed by atoms with van der Waals surface area (Å²) in [7, 11) is 1.41. The van der Waals surface area contributed by atoms with E-state index in [0.29, 0.717) is 13.0 Å². The molecule has 0 heterocycles. The molecule has 0 aliphatic carbocycles. The van der Waals surface area contributed by atoms with Crippen molar-refractivity contribution in [2.75, 3.05) is 20.3 Å². The minimum absolute atomic E-state index is 0.234. The molecular weight excluding hydrogens is 254 g/mol. The molecular formula is C16H25NO3. The summed E-state index contributed by atoms with van der Waals surface area (Å²) in [5.74, 6) is 0.615. The Labute approximate surface area is 121 Å². The lowest BCUT2D eigenvalue weighted by atomic mass is 10.1. The molecule has 20 heavy (non-hydrogen) atoms. The largest absolute Gasteiger partial charge is 0.494 e. The van der Waals surface area contributed by atoms with Crippen molar-refractivity contribution in [1.29, 1.82) is 0 Å². The first-order valence-electron chi connectivity index (χ1n) is 7.09. The van der Waals surface area contributed by atoms with Crippen molar-refractivity contribution in [3.8, 4) is 5.75 Å². The molecule has 0 bridgehead atoms. The van der Waals surface area contributed by atoms with Crippen molar-refractivity contribution >= 4 is 5.97 Å². The van der Waals surface area contributed by atoms with E-state index in [-0.39, 0.29) is 12.0 Å². The van der Waals surface area contributed by atoms with Crippen LogP contribution in [-0.4, -0.2) is 32.3 Å². The molecule has 4 nitrogen and oxygen atoms in total. The zero-order valence-corrected chi connectivity index (χ0v) is 12.9. The van der Waals surface area contributed by atoms with Crippen molar-refractivity contribution in [3.63, 3.8) is 0 Å². The Hall–Kier alpha value is -1.55. The smallest absolute Gasteiger partial charge is 0.322 e. The highest BCUT2D eigenvalue weighted by Gasteiger charge is 2.17. The van der Waals surface area contributed by atoms with Crippen molar-refractivity contribution in [2.45, 2.75) is 39.7 Å². The Morgan fingerprint density at radius 1 is 1.25 bits per heavy atom. The SMILES string of the molecule is CCCNC(CCOc1cc(C)cc(C)c1)C(=O)OC. The minimum Gasteiger partial charge on any atom is -0.494 e. The lowest BCUT2D eigenvalue weighted by Crippen LogP contribution is -2.39. The molecule has 0 amide bonds. The molecule has 0 fully saturated rings. The third-order valence-electron chi connectivity index (χ3n) is 3.00. The van der Waals surface area contributed by atoms with Crippen molar-refractivity contribution in [3.05, 3.63) is 29.3 Å². The standard InChI is InChI=1S/C16H25NO3/c1-5-7-17-15(16(18)19-4)6-8-20-14-10-12(2)9-13(3)11-14/h9-11,15,17H,5-8H2,1-4H3. The average Bonchev–Trinajstić information content (AvgIpc) is 2.40. The molecule has 0 saturated heterocycles. The van der Waals surface area contributed by atoms with E-state index in [1.165, 1.54) is 18.2 Å². The van der Waals surface area contributed by atoms with Crippen LogP contribution >= 0.6 is 0 Å². The molecule has 0 spiro atoms. The van der Waals surface area contributed by atoms with Crippen LogP contribution in [0.3, 0.4) is 0 Å². The number of hydrogen-bond acceptors (Lipinski definition) is 4. The summed E-state index contributed by atoms with van der Waals surface area (Å²) < 4.78 is 10.5. The monoisotopic (exact) mass is 279 g/mol. The first-order valence-corrected chi connectivity index (χ1v) is 7.09. The first-order chi connectivity index (χ1) is 9.56. The van der Waals surface area contributed by atoms with Gasteiger partial charge in [-0.15, -0.1) is 0 Å². The van der Waals surface area contributed by atoms with Gasteiger partial charge in [-0.3, -0.25) is 4.79 Å². The van der Waals surface area contributed by atoms with Crippen LogP contribution < -0.4 is 10.1 Å². The fourth-order valence-electron chi connectivity index (χ4n) is 2.07. The summed E-state index contributed by atoms with van der Waals surface area (Å²) in [6.07, 6.45) is 1.57. The molecule has 0 aliphatic heterocycles. The van der Waals surface area contributed by atoms with E-state index in [1.807, 2.05) is 26.0 Å². The highest BCUT2D eigenvalue weighted by molar-refractivity contribution is 5.75. The van der Waals surface area contributed by atoms with Crippen molar-refractivity contribution < 1.29 is 14.3 Å². The Morgan fingerprint density at radius 3 is 2.45 bits per heavy atom. The number of nitrogens with one attached hydrogen (secondary N) is 1. The van der Waals surface area contributed by atoms with Gasteiger partial charge in [0.1, 0.15) is 11.8 Å². The van der Waals surface area contributed by atoms with Gasteiger partial charge in [-0.1, -0.05) is 13.0 Å². The van der Waals surface area contributed by atoms with E-state index in [2.05, 4.69) is 18.3 Å². The number of ether oxygens (including phenoxy) is 2. The van der Waals surface area contributed by atoms with E-state index < -0.39 is 0 Å². The highest BCUT2D eigenvalue weighted by Crippen LogP contribution is 2.16. The lowest BCUT2D eigenvalue weighted by molar-refractivity contribution is -0.143. The van der Waals surface area contributed by atoms with Gasteiger partial charge in [-0.05, 0) is 50.1 Å². The summed E-state index contributed by atoms with van der Waals surface area (Å²) in [5.41, 5.74) is 2.35.